The number of rotatable bonds is 7. The first-order valence-electron chi connectivity index (χ1n) is 11.2. The average Bonchev–Trinajstić information content (AvgIpc) is 3.53. The fraction of sp³-hybridized carbons (Fsp3) is 0.107. The van der Waals surface area contributed by atoms with E-state index in [1.807, 2.05) is 84.3 Å². The Morgan fingerprint density at radius 1 is 0.914 bits per heavy atom. The molecule has 0 fully saturated rings. The van der Waals surface area contributed by atoms with Crippen LogP contribution in [0, 0.1) is 13.8 Å². The van der Waals surface area contributed by atoms with Gasteiger partial charge < -0.3 is 9.73 Å². The molecule has 0 saturated heterocycles. The molecule has 6 nitrogen and oxygen atoms in total. The van der Waals surface area contributed by atoms with E-state index in [1.54, 1.807) is 18.0 Å². The molecule has 174 valence electrons. The van der Waals surface area contributed by atoms with Gasteiger partial charge in [0.15, 0.2) is 10.9 Å². The zero-order chi connectivity index (χ0) is 24.2. The van der Waals surface area contributed by atoms with Crippen molar-refractivity contribution >= 4 is 23.4 Å². The van der Waals surface area contributed by atoms with Crippen molar-refractivity contribution in [3.8, 4) is 17.3 Å². The molecule has 1 amide bonds. The van der Waals surface area contributed by atoms with Crippen molar-refractivity contribution in [1.82, 2.24) is 14.8 Å². The summed E-state index contributed by atoms with van der Waals surface area (Å²) in [6.45, 7) is 4.06. The minimum Gasteiger partial charge on any atom is -0.461 e. The predicted octanol–water partition coefficient (Wildman–Crippen LogP) is 6.69. The Hall–Kier alpha value is -4.10. The van der Waals surface area contributed by atoms with Gasteiger partial charge in [0.2, 0.25) is 5.82 Å². The highest BCUT2D eigenvalue weighted by molar-refractivity contribution is 7.98. The number of benzene rings is 3. The van der Waals surface area contributed by atoms with Crippen LogP contribution in [0.4, 0.5) is 5.69 Å². The van der Waals surface area contributed by atoms with E-state index >= 15 is 0 Å². The van der Waals surface area contributed by atoms with Gasteiger partial charge in [0.05, 0.1) is 12.0 Å². The second-order valence-corrected chi connectivity index (χ2v) is 9.21. The summed E-state index contributed by atoms with van der Waals surface area (Å²) in [4.78, 5) is 12.8. The first kappa shape index (κ1) is 22.7. The van der Waals surface area contributed by atoms with Gasteiger partial charge in [0.1, 0.15) is 0 Å². The van der Waals surface area contributed by atoms with Crippen LogP contribution in [0.15, 0.2) is 101 Å². The highest BCUT2D eigenvalue weighted by Gasteiger charge is 2.18. The van der Waals surface area contributed by atoms with Crippen LogP contribution in [0.5, 0.6) is 0 Å². The van der Waals surface area contributed by atoms with Crippen LogP contribution in [-0.4, -0.2) is 20.7 Å². The lowest BCUT2D eigenvalue weighted by Crippen LogP contribution is -2.12. The van der Waals surface area contributed by atoms with Crippen molar-refractivity contribution in [3.63, 3.8) is 0 Å². The number of anilines is 1. The van der Waals surface area contributed by atoms with Crippen LogP contribution >= 0.6 is 11.8 Å². The number of thioether (sulfide) groups is 1. The van der Waals surface area contributed by atoms with E-state index in [2.05, 4.69) is 34.6 Å². The maximum Gasteiger partial charge on any atom is 0.255 e. The van der Waals surface area contributed by atoms with Crippen molar-refractivity contribution in [3.05, 3.63) is 113 Å². The van der Waals surface area contributed by atoms with Crippen molar-refractivity contribution in [2.24, 2.45) is 0 Å². The number of aromatic nitrogens is 3. The van der Waals surface area contributed by atoms with Crippen LogP contribution in [0.2, 0.25) is 0 Å². The molecule has 0 aliphatic heterocycles. The normalized spacial score (nSPS) is 10.9. The Morgan fingerprint density at radius 3 is 2.49 bits per heavy atom. The lowest BCUT2D eigenvalue weighted by molar-refractivity contribution is 0.102. The maximum absolute atomic E-state index is 12.8. The summed E-state index contributed by atoms with van der Waals surface area (Å²) >= 11 is 1.56. The number of hydrogen-bond acceptors (Lipinski definition) is 5. The van der Waals surface area contributed by atoms with Gasteiger partial charge in [0, 0.05) is 17.0 Å². The molecule has 3 aromatic carbocycles. The van der Waals surface area contributed by atoms with Crippen molar-refractivity contribution in [1.29, 1.82) is 0 Å². The SMILES string of the molecule is Cc1cccc(NC(=O)c2cccc(CSc3nnc(-c4ccco4)n3-c3cccc(C)c3)c2)c1. The number of amides is 1. The van der Waals surface area contributed by atoms with Gasteiger partial charge in [-0.05, 0) is 79.1 Å². The summed E-state index contributed by atoms with van der Waals surface area (Å²) in [5, 5.41) is 12.6. The quantitative estimate of drug-likeness (QED) is 0.263. The Balaban J connectivity index is 1.38. The number of carbonyl (C=O) groups excluding carboxylic acids is 1. The number of aryl methyl sites for hydroxylation is 2. The molecular weight excluding hydrogens is 456 g/mol. The molecule has 0 aliphatic carbocycles. The molecule has 0 spiro atoms. The second-order valence-electron chi connectivity index (χ2n) is 8.27. The molecule has 2 aromatic heterocycles. The lowest BCUT2D eigenvalue weighted by Gasteiger charge is -2.10. The van der Waals surface area contributed by atoms with Crippen LogP contribution in [-0.2, 0) is 5.75 Å². The molecule has 7 heteroatoms. The molecule has 5 rings (SSSR count). The standard InChI is InChI=1S/C28H24N4O2S/c1-19-7-3-11-23(15-19)29-27(33)22-10-5-9-21(17-22)18-35-28-31-30-26(25-13-6-14-34-25)32(28)24-12-4-8-20(2)16-24/h3-17H,18H2,1-2H3,(H,29,33). The van der Waals surface area contributed by atoms with E-state index in [0.717, 1.165) is 33.2 Å². The molecule has 0 radical (unpaired) electrons. The Morgan fingerprint density at radius 2 is 1.71 bits per heavy atom. The summed E-state index contributed by atoms with van der Waals surface area (Å²) in [5.41, 5.74) is 5.62. The van der Waals surface area contributed by atoms with Crippen LogP contribution in [0.25, 0.3) is 17.3 Å². The Kier molecular flexibility index (Phi) is 6.50. The van der Waals surface area contributed by atoms with Gasteiger partial charge in [-0.15, -0.1) is 10.2 Å². The molecule has 0 bridgehead atoms. The lowest BCUT2D eigenvalue weighted by atomic mass is 10.1. The molecule has 5 aromatic rings. The molecule has 0 aliphatic rings. The highest BCUT2D eigenvalue weighted by Crippen LogP contribution is 2.30. The molecule has 0 atom stereocenters. The molecule has 2 heterocycles. The van der Waals surface area contributed by atoms with Gasteiger partial charge in [-0.2, -0.15) is 0 Å². The van der Waals surface area contributed by atoms with Crippen molar-refractivity contribution in [2.45, 2.75) is 24.8 Å². The molecule has 0 unspecified atom stereocenters. The maximum atomic E-state index is 12.8. The van der Waals surface area contributed by atoms with Crippen LogP contribution in [0.1, 0.15) is 27.0 Å². The zero-order valence-electron chi connectivity index (χ0n) is 19.4. The van der Waals surface area contributed by atoms with E-state index in [4.69, 9.17) is 4.42 Å². The van der Waals surface area contributed by atoms with E-state index < -0.39 is 0 Å². The third-order valence-corrected chi connectivity index (χ3v) is 6.47. The summed E-state index contributed by atoms with van der Waals surface area (Å²) in [6.07, 6.45) is 1.63. The van der Waals surface area contributed by atoms with Gasteiger partial charge in [0.25, 0.3) is 5.91 Å². The monoisotopic (exact) mass is 480 g/mol. The highest BCUT2D eigenvalue weighted by atomic mass is 32.2. The fourth-order valence-electron chi connectivity index (χ4n) is 3.80. The van der Waals surface area contributed by atoms with E-state index in [1.165, 1.54) is 0 Å². The summed E-state index contributed by atoms with van der Waals surface area (Å²) in [6, 6.07) is 27.3. The Bertz CT molecular complexity index is 1470. The van der Waals surface area contributed by atoms with E-state index in [0.29, 0.717) is 22.9 Å². The number of nitrogens with zero attached hydrogens (tertiary/aromatic N) is 3. The fourth-order valence-corrected chi connectivity index (χ4v) is 4.70. The predicted molar refractivity (Wildman–Crippen MR) is 139 cm³/mol. The van der Waals surface area contributed by atoms with Gasteiger partial charge in [-0.1, -0.05) is 48.2 Å². The van der Waals surface area contributed by atoms with Crippen molar-refractivity contribution in [2.75, 3.05) is 5.32 Å². The minimum atomic E-state index is -0.134. The average molecular weight is 481 g/mol. The Labute approximate surface area is 208 Å². The number of carbonyl (C=O) groups is 1. The molecule has 1 N–H and O–H groups in total. The second kappa shape index (κ2) is 10.0. The summed E-state index contributed by atoms with van der Waals surface area (Å²) < 4.78 is 7.61. The van der Waals surface area contributed by atoms with Crippen molar-refractivity contribution < 1.29 is 9.21 Å². The van der Waals surface area contributed by atoms with Gasteiger partial charge in [-0.3, -0.25) is 9.36 Å². The first-order chi connectivity index (χ1) is 17.1. The zero-order valence-corrected chi connectivity index (χ0v) is 20.3. The number of nitrogens with one attached hydrogen (secondary N) is 1. The minimum absolute atomic E-state index is 0.134. The summed E-state index contributed by atoms with van der Waals surface area (Å²) in [5.74, 6) is 1.80. The first-order valence-corrected chi connectivity index (χ1v) is 12.2. The molecule has 0 saturated carbocycles. The number of furan rings is 1. The van der Waals surface area contributed by atoms with E-state index in [-0.39, 0.29) is 5.91 Å². The van der Waals surface area contributed by atoms with Crippen LogP contribution in [0.3, 0.4) is 0 Å². The number of hydrogen-bond donors (Lipinski definition) is 1. The third-order valence-electron chi connectivity index (χ3n) is 5.47. The molecule has 35 heavy (non-hydrogen) atoms. The largest absolute Gasteiger partial charge is 0.461 e. The van der Waals surface area contributed by atoms with Crippen LogP contribution < -0.4 is 5.32 Å². The summed E-state index contributed by atoms with van der Waals surface area (Å²) in [7, 11) is 0. The van der Waals surface area contributed by atoms with Gasteiger partial charge >= 0.3 is 0 Å². The van der Waals surface area contributed by atoms with Gasteiger partial charge in [-0.25, -0.2) is 0 Å². The smallest absolute Gasteiger partial charge is 0.255 e. The molecular formula is C28H24N4O2S. The van der Waals surface area contributed by atoms with E-state index in [9.17, 15) is 4.79 Å². The topological polar surface area (TPSA) is 73.0 Å². The third kappa shape index (κ3) is 5.20.